The third-order valence-corrected chi connectivity index (χ3v) is 6.46. The Balaban J connectivity index is 1.60. The molecule has 4 aromatic carbocycles. The summed E-state index contributed by atoms with van der Waals surface area (Å²) in [5.74, 6) is 0.146. The standard InChI is InChI=1S/C30H20Cl2N8/c1-19-12-24(36-22-8-4-2-5-9-22)15-27(37-23-10-6-3-7-11-23)28(19)38-39-30-21(17-34)18-35-40(30)29-25(31)13-20(16-33)14-26(29)32/h2-15,18,36-37H,1H3. The van der Waals surface area contributed by atoms with Gasteiger partial charge in [0.15, 0.2) is 5.82 Å². The van der Waals surface area contributed by atoms with E-state index in [1.807, 2.05) is 85.8 Å². The largest absolute Gasteiger partial charge is 0.355 e. The number of azo groups is 1. The molecule has 194 valence electrons. The zero-order valence-corrected chi connectivity index (χ0v) is 22.6. The Bertz CT molecular complexity index is 1780. The quantitative estimate of drug-likeness (QED) is 0.192. The predicted molar refractivity (Wildman–Crippen MR) is 158 cm³/mol. The van der Waals surface area contributed by atoms with E-state index in [-0.39, 0.29) is 21.4 Å². The highest BCUT2D eigenvalue weighted by molar-refractivity contribution is 6.38. The molecular weight excluding hydrogens is 543 g/mol. The maximum Gasteiger partial charge on any atom is 0.195 e. The van der Waals surface area contributed by atoms with Gasteiger partial charge >= 0.3 is 0 Å². The van der Waals surface area contributed by atoms with Crippen molar-refractivity contribution >= 4 is 57.5 Å². The molecule has 0 amide bonds. The first-order chi connectivity index (χ1) is 19.5. The molecule has 1 aromatic heterocycles. The fraction of sp³-hybridized carbons (Fsp3) is 0.0333. The van der Waals surface area contributed by atoms with Gasteiger partial charge in [0.25, 0.3) is 0 Å². The molecule has 0 radical (unpaired) electrons. The van der Waals surface area contributed by atoms with Gasteiger partial charge in [0.2, 0.25) is 0 Å². The van der Waals surface area contributed by atoms with Crippen LogP contribution >= 0.6 is 23.2 Å². The molecule has 1 heterocycles. The van der Waals surface area contributed by atoms with Crippen LogP contribution in [0.5, 0.6) is 0 Å². The summed E-state index contributed by atoms with van der Waals surface area (Å²) in [4.78, 5) is 0. The zero-order valence-electron chi connectivity index (χ0n) is 21.1. The number of aromatic nitrogens is 2. The molecule has 0 aliphatic rings. The molecule has 0 fully saturated rings. The SMILES string of the molecule is Cc1cc(Nc2ccccc2)cc(Nc2ccccc2)c1N=Nc1c(C#N)cnn1-c1c(Cl)cc(C#N)cc1Cl. The summed E-state index contributed by atoms with van der Waals surface area (Å²) >= 11 is 12.9. The summed E-state index contributed by atoms with van der Waals surface area (Å²) in [6.07, 6.45) is 1.36. The molecule has 10 heteroatoms. The molecule has 0 aliphatic heterocycles. The highest BCUT2D eigenvalue weighted by Crippen LogP contribution is 2.39. The van der Waals surface area contributed by atoms with Gasteiger partial charge in [-0.05, 0) is 61.0 Å². The van der Waals surface area contributed by atoms with E-state index in [9.17, 15) is 10.5 Å². The first kappa shape index (κ1) is 26.5. The minimum Gasteiger partial charge on any atom is -0.355 e. The Kier molecular flexibility index (Phi) is 7.75. The zero-order chi connectivity index (χ0) is 28.1. The van der Waals surface area contributed by atoms with Crippen molar-refractivity contribution in [3.05, 3.63) is 118 Å². The second kappa shape index (κ2) is 11.7. The molecule has 40 heavy (non-hydrogen) atoms. The lowest BCUT2D eigenvalue weighted by atomic mass is 10.1. The minimum absolute atomic E-state index is 0.146. The summed E-state index contributed by atoms with van der Waals surface area (Å²) in [7, 11) is 0. The summed E-state index contributed by atoms with van der Waals surface area (Å²) in [6, 6.07) is 30.5. The Morgan fingerprint density at radius 2 is 1.40 bits per heavy atom. The van der Waals surface area contributed by atoms with Crippen LogP contribution < -0.4 is 10.6 Å². The van der Waals surface area contributed by atoms with Crippen molar-refractivity contribution in [1.29, 1.82) is 10.5 Å². The summed E-state index contributed by atoms with van der Waals surface area (Å²) in [6.45, 7) is 1.93. The van der Waals surface area contributed by atoms with Crippen molar-refractivity contribution in [2.24, 2.45) is 10.2 Å². The molecule has 8 nitrogen and oxygen atoms in total. The second-order valence-electron chi connectivity index (χ2n) is 8.68. The van der Waals surface area contributed by atoms with Gasteiger partial charge in [-0.3, -0.25) is 0 Å². The van der Waals surface area contributed by atoms with Crippen molar-refractivity contribution < 1.29 is 0 Å². The third-order valence-electron chi connectivity index (χ3n) is 5.88. The van der Waals surface area contributed by atoms with Crippen molar-refractivity contribution in [2.45, 2.75) is 6.92 Å². The number of hydrogen-bond acceptors (Lipinski definition) is 7. The van der Waals surface area contributed by atoms with E-state index < -0.39 is 0 Å². The van der Waals surface area contributed by atoms with E-state index in [4.69, 9.17) is 23.2 Å². The number of halogens is 2. The fourth-order valence-corrected chi connectivity index (χ4v) is 4.70. The van der Waals surface area contributed by atoms with Crippen molar-refractivity contribution in [1.82, 2.24) is 9.78 Å². The number of aryl methyl sites for hydroxylation is 1. The summed E-state index contributed by atoms with van der Waals surface area (Å²) < 4.78 is 1.35. The van der Waals surface area contributed by atoms with Crippen molar-refractivity contribution in [3.8, 4) is 17.8 Å². The number of hydrogen-bond donors (Lipinski definition) is 2. The monoisotopic (exact) mass is 562 g/mol. The number of anilines is 4. The maximum absolute atomic E-state index is 9.74. The number of rotatable bonds is 7. The van der Waals surface area contributed by atoms with Crippen LogP contribution in [0.2, 0.25) is 10.0 Å². The van der Waals surface area contributed by atoms with Crippen LogP contribution in [0.1, 0.15) is 16.7 Å². The van der Waals surface area contributed by atoms with Crippen LogP contribution in [0, 0.1) is 29.6 Å². The van der Waals surface area contributed by atoms with E-state index in [0.29, 0.717) is 22.6 Å². The van der Waals surface area contributed by atoms with Gasteiger partial charge in [0.1, 0.15) is 23.0 Å². The lowest BCUT2D eigenvalue weighted by molar-refractivity contribution is 0.870. The number of nitriles is 2. The topological polar surface area (TPSA) is 114 Å². The van der Waals surface area contributed by atoms with Gasteiger partial charge in [0, 0.05) is 17.1 Å². The van der Waals surface area contributed by atoms with Gasteiger partial charge in [-0.15, -0.1) is 10.2 Å². The van der Waals surface area contributed by atoms with Crippen LogP contribution in [0.25, 0.3) is 5.69 Å². The van der Waals surface area contributed by atoms with Crippen LogP contribution in [0.4, 0.5) is 34.3 Å². The average molecular weight is 563 g/mol. The fourth-order valence-electron chi connectivity index (χ4n) is 4.06. The normalized spacial score (nSPS) is 10.7. The van der Waals surface area contributed by atoms with Gasteiger partial charge in [0.05, 0.1) is 33.6 Å². The Morgan fingerprint density at radius 1 is 0.775 bits per heavy atom. The van der Waals surface area contributed by atoms with Crippen LogP contribution in [0.3, 0.4) is 0 Å². The molecule has 0 aliphatic carbocycles. The number of nitrogens with zero attached hydrogens (tertiary/aromatic N) is 6. The van der Waals surface area contributed by atoms with Crippen molar-refractivity contribution in [3.63, 3.8) is 0 Å². The molecule has 5 aromatic rings. The van der Waals surface area contributed by atoms with Gasteiger partial charge < -0.3 is 10.6 Å². The lowest BCUT2D eigenvalue weighted by Crippen LogP contribution is -1.99. The summed E-state index contributed by atoms with van der Waals surface area (Å²) in [5.41, 5.74) is 5.55. The molecule has 2 N–H and O–H groups in total. The maximum atomic E-state index is 9.74. The Morgan fingerprint density at radius 3 is 2.00 bits per heavy atom. The van der Waals surface area contributed by atoms with E-state index >= 15 is 0 Å². The molecule has 0 bridgehead atoms. The smallest absolute Gasteiger partial charge is 0.195 e. The van der Waals surface area contributed by atoms with Gasteiger partial charge in [-0.2, -0.15) is 15.6 Å². The van der Waals surface area contributed by atoms with E-state index in [1.54, 1.807) is 0 Å². The average Bonchev–Trinajstić information content (AvgIpc) is 3.35. The Hall–Kier alpha value is -5.15. The Labute approximate surface area is 240 Å². The number of benzene rings is 4. The molecular formula is C30H20Cl2N8. The molecule has 0 atom stereocenters. The van der Waals surface area contributed by atoms with Crippen LogP contribution in [0.15, 0.2) is 101 Å². The predicted octanol–water partition coefficient (Wildman–Crippen LogP) is 9.13. The van der Waals surface area contributed by atoms with E-state index in [1.165, 1.54) is 23.0 Å². The van der Waals surface area contributed by atoms with E-state index in [2.05, 4.69) is 32.0 Å². The molecule has 5 rings (SSSR count). The first-order valence-corrected chi connectivity index (χ1v) is 12.8. The second-order valence-corrected chi connectivity index (χ2v) is 9.49. The minimum atomic E-state index is 0.146. The van der Waals surface area contributed by atoms with E-state index in [0.717, 1.165) is 22.6 Å². The third kappa shape index (κ3) is 5.64. The van der Waals surface area contributed by atoms with Gasteiger partial charge in [-0.1, -0.05) is 59.6 Å². The van der Waals surface area contributed by atoms with Crippen LogP contribution in [-0.2, 0) is 0 Å². The highest BCUT2D eigenvalue weighted by atomic mass is 35.5. The number of nitrogens with one attached hydrogen (secondary N) is 2. The molecule has 0 unspecified atom stereocenters. The molecule has 0 saturated carbocycles. The molecule has 0 saturated heterocycles. The highest BCUT2D eigenvalue weighted by Gasteiger charge is 2.19. The lowest BCUT2D eigenvalue weighted by Gasteiger charge is -2.15. The van der Waals surface area contributed by atoms with Gasteiger partial charge in [-0.25, -0.2) is 4.68 Å². The first-order valence-electron chi connectivity index (χ1n) is 12.0. The molecule has 0 spiro atoms. The summed E-state index contributed by atoms with van der Waals surface area (Å²) in [5, 5.41) is 39.5. The van der Waals surface area contributed by atoms with Crippen molar-refractivity contribution in [2.75, 3.05) is 10.6 Å². The van der Waals surface area contributed by atoms with Crippen LogP contribution in [-0.4, -0.2) is 9.78 Å². The number of para-hydroxylation sites is 2.